The van der Waals surface area contributed by atoms with Gasteiger partial charge in [-0.25, -0.2) is 0 Å². The monoisotopic (exact) mass is 387 g/mol. The molecule has 0 atom stereocenters. The Kier molecular flexibility index (Phi) is 4.10. The molecule has 0 aliphatic heterocycles. The quantitative estimate of drug-likeness (QED) is 0.748. The third-order valence-electron chi connectivity index (χ3n) is 2.52. The molecule has 5 heteroatoms. The zero-order chi connectivity index (χ0) is 13.3. The highest BCUT2D eigenvalue weighted by Gasteiger charge is 2.14. The molecule has 2 nitrogen and oxygen atoms in total. The van der Waals surface area contributed by atoms with Crippen molar-refractivity contribution < 1.29 is 4.79 Å². The summed E-state index contributed by atoms with van der Waals surface area (Å²) in [5, 5.41) is 0.562. The molecule has 0 fully saturated rings. The predicted molar refractivity (Wildman–Crippen MR) is 80.8 cm³/mol. The average molecular weight is 389 g/mol. The highest BCUT2D eigenvalue weighted by atomic mass is 79.9. The summed E-state index contributed by atoms with van der Waals surface area (Å²) in [6.45, 7) is 0. The summed E-state index contributed by atoms with van der Waals surface area (Å²) in [7, 11) is 0. The Morgan fingerprint density at radius 2 is 1.72 bits per heavy atom. The summed E-state index contributed by atoms with van der Waals surface area (Å²) in [5.41, 5.74) is 7.43. The van der Waals surface area contributed by atoms with Gasteiger partial charge in [-0.1, -0.05) is 35.9 Å². The van der Waals surface area contributed by atoms with E-state index in [0.717, 1.165) is 20.1 Å². The van der Waals surface area contributed by atoms with Crippen molar-refractivity contribution in [1.82, 2.24) is 0 Å². The fourth-order valence-electron chi connectivity index (χ4n) is 1.67. The lowest BCUT2D eigenvalue weighted by Crippen LogP contribution is -2.12. The van der Waals surface area contributed by atoms with Gasteiger partial charge in [0, 0.05) is 14.5 Å². The van der Waals surface area contributed by atoms with E-state index in [2.05, 4.69) is 31.9 Å². The maximum Gasteiger partial charge on any atom is 0.249 e. The summed E-state index contributed by atoms with van der Waals surface area (Å²) >= 11 is 12.9. The molecule has 0 saturated carbocycles. The number of amides is 1. The Labute approximate surface area is 126 Å². The number of hydrogen-bond donors (Lipinski definition) is 1. The third-order valence-corrected chi connectivity index (χ3v) is 4.85. The molecular weight excluding hydrogens is 381 g/mol. The van der Waals surface area contributed by atoms with E-state index in [1.165, 1.54) is 0 Å². The predicted octanol–water partition coefficient (Wildman–Crippen LogP) is 4.63. The van der Waals surface area contributed by atoms with Gasteiger partial charge in [0.2, 0.25) is 5.91 Å². The van der Waals surface area contributed by atoms with Crippen LogP contribution in [0.4, 0.5) is 0 Å². The van der Waals surface area contributed by atoms with E-state index in [-0.39, 0.29) is 0 Å². The Balaban J connectivity index is 2.70. The molecule has 18 heavy (non-hydrogen) atoms. The smallest absolute Gasteiger partial charge is 0.249 e. The highest BCUT2D eigenvalue weighted by Crippen LogP contribution is 2.39. The van der Waals surface area contributed by atoms with E-state index in [1.807, 2.05) is 24.3 Å². The van der Waals surface area contributed by atoms with E-state index < -0.39 is 5.91 Å². The molecule has 2 N–H and O–H groups in total. The van der Waals surface area contributed by atoms with E-state index in [0.29, 0.717) is 10.6 Å². The van der Waals surface area contributed by atoms with Crippen molar-refractivity contribution in [2.75, 3.05) is 0 Å². The van der Waals surface area contributed by atoms with Crippen molar-refractivity contribution in [3.63, 3.8) is 0 Å². The van der Waals surface area contributed by atoms with E-state index in [9.17, 15) is 4.79 Å². The van der Waals surface area contributed by atoms with Crippen LogP contribution in [0.3, 0.4) is 0 Å². The van der Waals surface area contributed by atoms with Crippen LogP contribution in [0.2, 0.25) is 5.02 Å². The molecule has 0 heterocycles. The molecule has 2 aromatic carbocycles. The van der Waals surface area contributed by atoms with Crippen LogP contribution in [0.25, 0.3) is 11.1 Å². The number of hydrogen-bond acceptors (Lipinski definition) is 1. The van der Waals surface area contributed by atoms with Crippen LogP contribution in [-0.4, -0.2) is 5.91 Å². The van der Waals surface area contributed by atoms with Gasteiger partial charge in [-0.05, 0) is 55.1 Å². The van der Waals surface area contributed by atoms with Gasteiger partial charge in [0.25, 0.3) is 0 Å². The molecule has 0 unspecified atom stereocenters. The van der Waals surface area contributed by atoms with Gasteiger partial charge in [0.1, 0.15) is 0 Å². The molecule has 0 aliphatic carbocycles. The summed E-state index contributed by atoms with van der Waals surface area (Å²) in [6, 6.07) is 10.9. The van der Waals surface area contributed by atoms with Crippen LogP contribution in [-0.2, 0) is 0 Å². The lowest BCUT2D eigenvalue weighted by Gasteiger charge is -2.10. The maximum absolute atomic E-state index is 11.4. The minimum absolute atomic E-state index is 0.462. The van der Waals surface area contributed by atoms with Crippen molar-refractivity contribution >= 4 is 49.4 Å². The first-order chi connectivity index (χ1) is 8.52. The average Bonchev–Trinajstić information content (AvgIpc) is 2.36. The Bertz CT molecular complexity index is 628. The summed E-state index contributed by atoms with van der Waals surface area (Å²) in [6.07, 6.45) is 0. The topological polar surface area (TPSA) is 43.1 Å². The van der Waals surface area contributed by atoms with Crippen molar-refractivity contribution in [2.24, 2.45) is 5.73 Å². The van der Waals surface area contributed by atoms with Crippen molar-refractivity contribution in [3.8, 4) is 11.1 Å². The molecule has 0 saturated heterocycles. The van der Waals surface area contributed by atoms with Gasteiger partial charge in [0.05, 0.1) is 5.02 Å². The highest BCUT2D eigenvalue weighted by molar-refractivity contribution is 9.11. The standard InChI is InChI=1S/C13H8Br2ClNO/c14-10-6-5-8(11(15)12(10)16)7-3-1-2-4-9(7)13(17)18/h1-6H,(H2,17,18). The minimum Gasteiger partial charge on any atom is -0.366 e. The van der Waals surface area contributed by atoms with Gasteiger partial charge in [-0.3, -0.25) is 4.79 Å². The second kappa shape index (κ2) is 5.43. The summed E-state index contributed by atoms with van der Waals surface area (Å²) in [4.78, 5) is 11.4. The number of carbonyl (C=O) groups excluding carboxylic acids is 1. The molecule has 92 valence electrons. The summed E-state index contributed by atoms with van der Waals surface area (Å²) < 4.78 is 1.52. The van der Waals surface area contributed by atoms with Crippen LogP contribution < -0.4 is 5.73 Å². The van der Waals surface area contributed by atoms with Crippen LogP contribution in [0.1, 0.15) is 10.4 Å². The van der Waals surface area contributed by atoms with Gasteiger partial charge >= 0.3 is 0 Å². The molecule has 2 aromatic rings. The molecule has 0 radical (unpaired) electrons. The number of benzene rings is 2. The second-order valence-electron chi connectivity index (χ2n) is 3.63. The van der Waals surface area contributed by atoms with Crippen LogP contribution in [0, 0.1) is 0 Å². The number of primary amides is 1. The van der Waals surface area contributed by atoms with Crippen molar-refractivity contribution in [3.05, 3.63) is 55.9 Å². The number of rotatable bonds is 2. The normalized spacial score (nSPS) is 10.4. The number of carbonyl (C=O) groups is 1. The summed E-state index contributed by atoms with van der Waals surface area (Å²) in [5.74, 6) is -0.462. The SMILES string of the molecule is NC(=O)c1ccccc1-c1ccc(Br)c(Cl)c1Br. The zero-order valence-corrected chi connectivity index (χ0v) is 13.0. The number of nitrogens with two attached hydrogens (primary N) is 1. The molecule has 0 aliphatic rings. The first kappa shape index (κ1) is 13.6. The van der Waals surface area contributed by atoms with E-state index in [1.54, 1.807) is 12.1 Å². The Morgan fingerprint density at radius 1 is 1.06 bits per heavy atom. The van der Waals surface area contributed by atoms with Crippen LogP contribution in [0.5, 0.6) is 0 Å². The van der Waals surface area contributed by atoms with E-state index in [4.69, 9.17) is 17.3 Å². The first-order valence-electron chi connectivity index (χ1n) is 5.05. The second-order valence-corrected chi connectivity index (χ2v) is 5.66. The van der Waals surface area contributed by atoms with Crippen molar-refractivity contribution in [1.29, 1.82) is 0 Å². The minimum atomic E-state index is -0.462. The largest absolute Gasteiger partial charge is 0.366 e. The van der Waals surface area contributed by atoms with Gasteiger partial charge in [-0.2, -0.15) is 0 Å². The molecule has 0 spiro atoms. The maximum atomic E-state index is 11.4. The lowest BCUT2D eigenvalue weighted by molar-refractivity contribution is 0.100. The van der Waals surface area contributed by atoms with Crippen LogP contribution in [0.15, 0.2) is 45.3 Å². The van der Waals surface area contributed by atoms with Crippen LogP contribution >= 0.6 is 43.5 Å². The Hall–Kier alpha value is -0.840. The van der Waals surface area contributed by atoms with Crippen molar-refractivity contribution in [2.45, 2.75) is 0 Å². The van der Waals surface area contributed by atoms with Gasteiger partial charge in [-0.15, -0.1) is 0 Å². The van der Waals surface area contributed by atoms with E-state index >= 15 is 0 Å². The molecule has 0 bridgehead atoms. The van der Waals surface area contributed by atoms with Gasteiger partial charge < -0.3 is 5.73 Å². The zero-order valence-electron chi connectivity index (χ0n) is 9.08. The third kappa shape index (κ3) is 2.46. The molecule has 0 aromatic heterocycles. The Morgan fingerprint density at radius 3 is 2.39 bits per heavy atom. The fraction of sp³-hybridized carbons (Fsp3) is 0. The van der Waals surface area contributed by atoms with Gasteiger partial charge in [0.15, 0.2) is 0 Å². The molecular formula is C13H8Br2ClNO. The molecule has 1 amide bonds. The first-order valence-corrected chi connectivity index (χ1v) is 7.01. The molecule has 2 rings (SSSR count). The fourth-order valence-corrected chi connectivity index (χ4v) is 2.99. The number of halogens is 3. The lowest BCUT2D eigenvalue weighted by atomic mass is 9.99.